The van der Waals surface area contributed by atoms with Crippen molar-refractivity contribution in [3.05, 3.63) is 65.5 Å². The Balaban J connectivity index is 1.61. The molecule has 0 bridgehead atoms. The quantitative estimate of drug-likeness (QED) is 0.746. The highest BCUT2D eigenvalue weighted by atomic mass is 19.4. The molecule has 2 aromatic carbocycles. The molecule has 0 unspecified atom stereocenters. The van der Waals surface area contributed by atoms with Gasteiger partial charge in [0.1, 0.15) is 6.54 Å². The number of hydrogen-bond donors (Lipinski definition) is 1. The second kappa shape index (κ2) is 6.72. The van der Waals surface area contributed by atoms with Crippen LogP contribution in [0.4, 0.5) is 13.2 Å². The highest BCUT2D eigenvalue weighted by Gasteiger charge is 2.38. The molecule has 0 saturated heterocycles. The Kier molecular flexibility index (Phi) is 4.37. The maximum absolute atomic E-state index is 13.4. The molecule has 0 spiro atoms. The van der Waals surface area contributed by atoms with E-state index in [4.69, 9.17) is 0 Å². The van der Waals surface area contributed by atoms with Gasteiger partial charge in [-0.2, -0.15) is 13.2 Å². The average Bonchev–Trinajstić information content (AvgIpc) is 3.01. The van der Waals surface area contributed by atoms with Gasteiger partial charge in [-0.3, -0.25) is 4.79 Å². The highest BCUT2D eigenvalue weighted by Crippen LogP contribution is 2.32. The third-order valence-electron chi connectivity index (χ3n) is 4.91. The van der Waals surface area contributed by atoms with Crippen LogP contribution in [0.2, 0.25) is 0 Å². The summed E-state index contributed by atoms with van der Waals surface area (Å²) in [6.07, 6.45) is -1.97. The van der Waals surface area contributed by atoms with Crippen molar-refractivity contribution in [3.8, 4) is 0 Å². The molecule has 1 amide bonds. The minimum Gasteiger partial charge on any atom is -0.348 e. The van der Waals surface area contributed by atoms with E-state index >= 15 is 0 Å². The van der Waals surface area contributed by atoms with Crippen molar-refractivity contribution in [3.63, 3.8) is 0 Å². The Labute approximate surface area is 154 Å². The van der Waals surface area contributed by atoms with Crippen LogP contribution < -0.4 is 5.32 Å². The van der Waals surface area contributed by atoms with Gasteiger partial charge in [0.25, 0.3) is 0 Å². The Morgan fingerprint density at radius 2 is 1.89 bits per heavy atom. The number of imidazole rings is 1. The van der Waals surface area contributed by atoms with E-state index in [-0.39, 0.29) is 11.6 Å². The predicted octanol–water partition coefficient (Wildman–Crippen LogP) is 4.25. The summed E-state index contributed by atoms with van der Waals surface area (Å²) >= 11 is 0. The highest BCUT2D eigenvalue weighted by molar-refractivity contribution is 5.81. The SMILES string of the molecule is O=C(Cn1c(C(F)(F)F)nc2ccccc21)N[C@H]1CCCc2ccccc21. The lowest BCUT2D eigenvalue weighted by molar-refractivity contribution is -0.147. The second-order valence-electron chi connectivity index (χ2n) is 6.72. The van der Waals surface area contributed by atoms with Crippen molar-refractivity contribution < 1.29 is 18.0 Å². The second-order valence-corrected chi connectivity index (χ2v) is 6.72. The van der Waals surface area contributed by atoms with E-state index in [1.807, 2.05) is 24.3 Å². The Morgan fingerprint density at radius 1 is 1.15 bits per heavy atom. The number of nitrogens with zero attached hydrogens (tertiary/aromatic N) is 2. The number of nitrogens with one attached hydrogen (secondary N) is 1. The van der Waals surface area contributed by atoms with Crippen molar-refractivity contribution >= 4 is 16.9 Å². The monoisotopic (exact) mass is 373 g/mol. The van der Waals surface area contributed by atoms with E-state index in [9.17, 15) is 18.0 Å². The van der Waals surface area contributed by atoms with E-state index < -0.39 is 24.5 Å². The van der Waals surface area contributed by atoms with Gasteiger partial charge in [0, 0.05) is 0 Å². The molecule has 140 valence electrons. The lowest BCUT2D eigenvalue weighted by Crippen LogP contribution is -2.34. The zero-order chi connectivity index (χ0) is 19.0. The molecule has 1 aliphatic rings. The Morgan fingerprint density at radius 3 is 2.70 bits per heavy atom. The number of para-hydroxylation sites is 2. The molecule has 1 atom stereocenters. The molecule has 27 heavy (non-hydrogen) atoms. The molecule has 0 saturated carbocycles. The number of aryl methyl sites for hydroxylation is 1. The molecular weight excluding hydrogens is 355 g/mol. The molecule has 4 nitrogen and oxygen atoms in total. The van der Waals surface area contributed by atoms with Gasteiger partial charge in [0.2, 0.25) is 11.7 Å². The topological polar surface area (TPSA) is 46.9 Å². The van der Waals surface area contributed by atoms with Crippen LogP contribution >= 0.6 is 0 Å². The van der Waals surface area contributed by atoms with Gasteiger partial charge in [-0.25, -0.2) is 4.98 Å². The third-order valence-corrected chi connectivity index (χ3v) is 4.91. The third kappa shape index (κ3) is 3.41. The van der Waals surface area contributed by atoms with Crippen LogP contribution in [0.3, 0.4) is 0 Å². The first-order valence-corrected chi connectivity index (χ1v) is 8.83. The zero-order valence-electron chi connectivity index (χ0n) is 14.5. The van der Waals surface area contributed by atoms with E-state index in [1.165, 1.54) is 11.6 Å². The van der Waals surface area contributed by atoms with Gasteiger partial charge < -0.3 is 9.88 Å². The molecule has 0 radical (unpaired) electrons. The van der Waals surface area contributed by atoms with E-state index in [0.717, 1.165) is 29.4 Å². The summed E-state index contributed by atoms with van der Waals surface area (Å²) in [7, 11) is 0. The molecule has 1 N–H and O–H groups in total. The van der Waals surface area contributed by atoms with Gasteiger partial charge in [-0.1, -0.05) is 36.4 Å². The first kappa shape index (κ1) is 17.6. The number of aromatic nitrogens is 2. The molecule has 0 aliphatic heterocycles. The van der Waals surface area contributed by atoms with Crippen LogP contribution in [-0.4, -0.2) is 15.5 Å². The summed E-state index contributed by atoms with van der Waals surface area (Å²) in [4.78, 5) is 16.3. The smallest absolute Gasteiger partial charge is 0.348 e. The van der Waals surface area contributed by atoms with Crippen LogP contribution in [0.5, 0.6) is 0 Å². The maximum Gasteiger partial charge on any atom is 0.449 e. The summed E-state index contributed by atoms with van der Waals surface area (Å²) in [6, 6.07) is 14.0. The minimum absolute atomic E-state index is 0.174. The van der Waals surface area contributed by atoms with Gasteiger partial charge in [0.05, 0.1) is 17.1 Å². The molecule has 1 aromatic heterocycles. The molecule has 1 heterocycles. The standard InChI is InChI=1S/C20H18F3N3O/c21-20(22,23)19-25-16-9-3-4-11-17(16)26(19)12-18(27)24-15-10-5-7-13-6-1-2-8-14(13)15/h1-4,6,8-9,11,15H,5,7,10,12H2,(H,24,27)/t15-/m0/s1. The fourth-order valence-corrected chi connectivity index (χ4v) is 3.74. The molecule has 7 heteroatoms. The summed E-state index contributed by atoms with van der Waals surface area (Å²) in [5.74, 6) is -1.51. The number of rotatable bonds is 3. The zero-order valence-corrected chi connectivity index (χ0v) is 14.5. The number of amides is 1. The summed E-state index contributed by atoms with van der Waals surface area (Å²) in [6.45, 7) is -0.423. The lowest BCUT2D eigenvalue weighted by atomic mass is 9.88. The van der Waals surface area contributed by atoms with E-state index in [0.29, 0.717) is 5.52 Å². The Hall–Kier alpha value is -2.83. The fraction of sp³-hybridized carbons (Fsp3) is 0.300. The molecular formula is C20H18F3N3O. The first-order chi connectivity index (χ1) is 12.9. The maximum atomic E-state index is 13.4. The summed E-state index contributed by atoms with van der Waals surface area (Å²) in [5.41, 5.74) is 2.74. The van der Waals surface area contributed by atoms with Gasteiger partial charge in [-0.05, 0) is 42.5 Å². The number of hydrogen-bond acceptors (Lipinski definition) is 2. The van der Waals surface area contributed by atoms with Crippen molar-refractivity contribution in [2.75, 3.05) is 0 Å². The molecule has 4 rings (SSSR count). The van der Waals surface area contributed by atoms with Crippen LogP contribution in [0.1, 0.15) is 35.8 Å². The predicted molar refractivity (Wildman–Crippen MR) is 95.0 cm³/mol. The van der Waals surface area contributed by atoms with Crippen LogP contribution in [-0.2, 0) is 23.9 Å². The van der Waals surface area contributed by atoms with Crippen molar-refractivity contribution in [2.45, 2.75) is 38.0 Å². The number of carbonyl (C=O) groups excluding carboxylic acids is 1. The van der Waals surface area contributed by atoms with Crippen molar-refractivity contribution in [1.82, 2.24) is 14.9 Å². The van der Waals surface area contributed by atoms with Crippen LogP contribution in [0, 0.1) is 0 Å². The molecule has 1 aliphatic carbocycles. The fourth-order valence-electron chi connectivity index (χ4n) is 3.74. The summed E-state index contributed by atoms with van der Waals surface area (Å²) < 4.78 is 41.1. The van der Waals surface area contributed by atoms with Crippen LogP contribution in [0.15, 0.2) is 48.5 Å². The van der Waals surface area contributed by atoms with Crippen molar-refractivity contribution in [2.24, 2.45) is 0 Å². The number of fused-ring (bicyclic) bond motifs is 2. The first-order valence-electron chi connectivity index (χ1n) is 8.83. The largest absolute Gasteiger partial charge is 0.449 e. The van der Waals surface area contributed by atoms with Gasteiger partial charge >= 0.3 is 6.18 Å². The molecule has 3 aromatic rings. The van der Waals surface area contributed by atoms with Gasteiger partial charge in [0.15, 0.2) is 0 Å². The number of benzene rings is 2. The molecule has 0 fully saturated rings. The van der Waals surface area contributed by atoms with E-state index in [1.54, 1.807) is 18.2 Å². The number of alkyl halides is 3. The minimum atomic E-state index is -4.63. The van der Waals surface area contributed by atoms with E-state index in [2.05, 4.69) is 10.3 Å². The van der Waals surface area contributed by atoms with Crippen molar-refractivity contribution in [1.29, 1.82) is 0 Å². The van der Waals surface area contributed by atoms with Crippen LogP contribution in [0.25, 0.3) is 11.0 Å². The number of carbonyl (C=O) groups is 1. The average molecular weight is 373 g/mol. The lowest BCUT2D eigenvalue weighted by Gasteiger charge is -2.26. The Bertz CT molecular complexity index is 994. The number of halogens is 3. The van der Waals surface area contributed by atoms with Gasteiger partial charge in [-0.15, -0.1) is 0 Å². The normalized spacial score (nSPS) is 16.9. The summed E-state index contributed by atoms with van der Waals surface area (Å²) in [5, 5.41) is 2.90.